The van der Waals surface area contributed by atoms with E-state index in [1.165, 1.54) is 64.6 Å². The second-order valence-electron chi connectivity index (χ2n) is 10.6. The Hall–Kier alpha value is -5.06. The Balaban J connectivity index is 1.20. The molecule has 1 atom stereocenters. The lowest BCUT2D eigenvalue weighted by atomic mass is 10.1. The summed E-state index contributed by atoms with van der Waals surface area (Å²) in [5, 5.41) is 9.08. The van der Waals surface area contributed by atoms with Gasteiger partial charge in [-0.3, -0.25) is 0 Å². The average Bonchev–Trinajstić information content (AvgIpc) is 3.71. The largest absolute Gasteiger partial charge is 0.359 e. The Morgan fingerprint density at radius 1 is 0.537 bits per heavy atom. The molecule has 0 saturated heterocycles. The van der Waals surface area contributed by atoms with Crippen molar-refractivity contribution in [3.63, 3.8) is 0 Å². The summed E-state index contributed by atoms with van der Waals surface area (Å²) < 4.78 is 5.12. The minimum atomic E-state index is 0.0140. The molecule has 0 aliphatic carbocycles. The van der Waals surface area contributed by atoms with Crippen LogP contribution in [0.5, 0.6) is 0 Å². The van der Waals surface area contributed by atoms with Gasteiger partial charge < -0.3 is 14.8 Å². The highest BCUT2D eigenvalue weighted by Gasteiger charge is 2.31. The van der Waals surface area contributed by atoms with Gasteiger partial charge in [0, 0.05) is 42.3 Å². The third-order valence-electron chi connectivity index (χ3n) is 8.40. The fourth-order valence-corrected chi connectivity index (χ4v) is 7.84. The molecule has 3 nitrogen and oxygen atoms in total. The van der Waals surface area contributed by atoms with Crippen molar-refractivity contribution < 1.29 is 0 Å². The van der Waals surface area contributed by atoms with Crippen LogP contribution in [0.3, 0.4) is 0 Å². The average molecular weight is 544 g/mol. The third kappa shape index (κ3) is 3.32. The molecule has 1 aliphatic heterocycles. The van der Waals surface area contributed by atoms with E-state index in [2.05, 4.69) is 154 Å². The molecule has 0 radical (unpaired) electrons. The lowest BCUT2D eigenvalue weighted by Gasteiger charge is -2.27. The number of aromatic nitrogens is 1. The number of thiophene rings is 1. The van der Waals surface area contributed by atoms with Gasteiger partial charge in [0.1, 0.15) is 6.17 Å². The van der Waals surface area contributed by atoms with Crippen molar-refractivity contribution >= 4 is 70.4 Å². The molecule has 8 aromatic rings. The topological polar surface area (TPSA) is 20.2 Å². The van der Waals surface area contributed by atoms with Gasteiger partial charge in [-0.15, -0.1) is 11.3 Å². The standard InChI is InChI=1S/C37H25N3S/c1-2-10-25(11-3-1)40-32-16-8-6-14-30(32)38-37(40)24-18-20-26(21-19-24)39-31-15-7-4-13-29(31)35-33(39)23-22-28-27-12-5-9-17-34(27)41-36(28)35/h1-23,37-38H. The highest BCUT2D eigenvalue weighted by molar-refractivity contribution is 7.26. The molecule has 3 heterocycles. The molecule has 6 aromatic carbocycles. The van der Waals surface area contributed by atoms with E-state index in [0.717, 1.165) is 5.69 Å². The number of anilines is 3. The van der Waals surface area contributed by atoms with Crippen LogP contribution in [0.4, 0.5) is 17.1 Å². The quantitative estimate of drug-likeness (QED) is 0.239. The predicted molar refractivity (Wildman–Crippen MR) is 175 cm³/mol. The predicted octanol–water partition coefficient (Wildman–Crippen LogP) is 10.4. The molecule has 0 saturated carbocycles. The van der Waals surface area contributed by atoms with Gasteiger partial charge in [0.15, 0.2) is 0 Å². The van der Waals surface area contributed by atoms with Gasteiger partial charge >= 0.3 is 0 Å². The van der Waals surface area contributed by atoms with Crippen LogP contribution in [0, 0.1) is 0 Å². The maximum absolute atomic E-state index is 3.77. The first kappa shape index (κ1) is 22.7. The van der Waals surface area contributed by atoms with Crippen LogP contribution in [0.25, 0.3) is 47.7 Å². The van der Waals surface area contributed by atoms with Crippen molar-refractivity contribution in [2.75, 3.05) is 10.2 Å². The monoisotopic (exact) mass is 543 g/mol. The fourth-order valence-electron chi connectivity index (χ4n) is 6.58. The number of fused-ring (bicyclic) bond motifs is 8. The lowest BCUT2D eigenvalue weighted by molar-refractivity contribution is 0.827. The molecule has 1 unspecified atom stereocenters. The van der Waals surface area contributed by atoms with Crippen molar-refractivity contribution in [1.29, 1.82) is 0 Å². The Morgan fingerprint density at radius 2 is 1.27 bits per heavy atom. The second kappa shape index (κ2) is 8.72. The summed E-state index contributed by atoms with van der Waals surface area (Å²) in [5.41, 5.74) is 8.40. The summed E-state index contributed by atoms with van der Waals surface area (Å²) in [5.74, 6) is 0. The van der Waals surface area contributed by atoms with Gasteiger partial charge in [-0.2, -0.15) is 0 Å². The minimum Gasteiger partial charge on any atom is -0.359 e. The summed E-state index contributed by atoms with van der Waals surface area (Å²) in [7, 11) is 0. The summed E-state index contributed by atoms with van der Waals surface area (Å²) in [6.07, 6.45) is 0.0140. The zero-order chi connectivity index (χ0) is 26.9. The van der Waals surface area contributed by atoms with Crippen LogP contribution < -0.4 is 10.2 Å². The van der Waals surface area contributed by atoms with Crippen molar-refractivity contribution in [3.8, 4) is 5.69 Å². The smallest absolute Gasteiger partial charge is 0.130 e. The molecule has 194 valence electrons. The molecule has 4 heteroatoms. The van der Waals surface area contributed by atoms with Gasteiger partial charge in [-0.05, 0) is 60.2 Å². The van der Waals surface area contributed by atoms with E-state index in [0.29, 0.717) is 0 Å². The first-order valence-corrected chi connectivity index (χ1v) is 14.8. The number of para-hydroxylation sites is 4. The number of nitrogens with zero attached hydrogens (tertiary/aromatic N) is 2. The maximum Gasteiger partial charge on any atom is 0.130 e. The van der Waals surface area contributed by atoms with E-state index in [1.807, 2.05) is 11.3 Å². The van der Waals surface area contributed by atoms with Crippen molar-refractivity contribution in [1.82, 2.24) is 4.57 Å². The molecule has 1 N–H and O–H groups in total. The molecular formula is C37H25N3S. The maximum atomic E-state index is 3.77. The van der Waals surface area contributed by atoms with E-state index in [9.17, 15) is 0 Å². The molecule has 0 spiro atoms. The Bertz CT molecular complexity index is 2240. The Labute approximate surface area is 241 Å². The zero-order valence-corrected chi connectivity index (χ0v) is 23.0. The van der Waals surface area contributed by atoms with Crippen molar-refractivity contribution in [2.24, 2.45) is 0 Å². The summed E-state index contributed by atoms with van der Waals surface area (Å²) in [4.78, 5) is 2.39. The van der Waals surface area contributed by atoms with Gasteiger partial charge in [0.2, 0.25) is 0 Å². The second-order valence-corrected chi connectivity index (χ2v) is 11.7. The van der Waals surface area contributed by atoms with Gasteiger partial charge in [0.05, 0.1) is 22.4 Å². The highest BCUT2D eigenvalue weighted by atomic mass is 32.1. The van der Waals surface area contributed by atoms with E-state index in [-0.39, 0.29) is 6.17 Å². The molecule has 0 fully saturated rings. The van der Waals surface area contributed by atoms with E-state index < -0.39 is 0 Å². The van der Waals surface area contributed by atoms with Crippen LogP contribution in [0.1, 0.15) is 11.7 Å². The first-order chi connectivity index (χ1) is 20.3. The van der Waals surface area contributed by atoms with Crippen LogP contribution >= 0.6 is 11.3 Å². The number of nitrogens with one attached hydrogen (secondary N) is 1. The molecular weight excluding hydrogens is 518 g/mol. The minimum absolute atomic E-state index is 0.0140. The number of hydrogen-bond donors (Lipinski definition) is 1. The molecule has 0 bridgehead atoms. The zero-order valence-electron chi connectivity index (χ0n) is 22.2. The van der Waals surface area contributed by atoms with E-state index >= 15 is 0 Å². The number of hydrogen-bond acceptors (Lipinski definition) is 3. The number of benzene rings is 6. The molecule has 9 rings (SSSR count). The van der Waals surface area contributed by atoms with Gasteiger partial charge in [-0.1, -0.05) is 84.9 Å². The summed E-state index contributed by atoms with van der Waals surface area (Å²) in [6.45, 7) is 0. The molecule has 2 aromatic heterocycles. The fraction of sp³-hybridized carbons (Fsp3) is 0.0270. The highest BCUT2D eigenvalue weighted by Crippen LogP contribution is 2.46. The van der Waals surface area contributed by atoms with E-state index in [1.54, 1.807) is 0 Å². The lowest BCUT2D eigenvalue weighted by Crippen LogP contribution is -2.23. The van der Waals surface area contributed by atoms with Crippen LogP contribution in [0.15, 0.2) is 140 Å². The summed E-state index contributed by atoms with van der Waals surface area (Å²) in [6, 6.07) is 50.4. The Morgan fingerprint density at radius 3 is 2.15 bits per heavy atom. The molecule has 41 heavy (non-hydrogen) atoms. The molecule has 0 amide bonds. The van der Waals surface area contributed by atoms with Crippen molar-refractivity contribution in [2.45, 2.75) is 6.17 Å². The van der Waals surface area contributed by atoms with Gasteiger partial charge in [0.25, 0.3) is 0 Å². The van der Waals surface area contributed by atoms with Gasteiger partial charge in [-0.25, -0.2) is 0 Å². The van der Waals surface area contributed by atoms with Crippen LogP contribution in [-0.4, -0.2) is 4.57 Å². The third-order valence-corrected chi connectivity index (χ3v) is 9.60. The Kier molecular flexibility index (Phi) is 4.83. The first-order valence-electron chi connectivity index (χ1n) is 14.0. The molecule has 1 aliphatic rings. The summed E-state index contributed by atoms with van der Waals surface area (Å²) >= 11 is 1.90. The van der Waals surface area contributed by atoms with E-state index in [4.69, 9.17) is 0 Å². The van der Waals surface area contributed by atoms with Crippen LogP contribution in [0.2, 0.25) is 0 Å². The normalized spacial score (nSPS) is 14.7. The SMILES string of the molecule is c1ccc(N2c3ccccc3NC2c2ccc(-n3c4ccccc4c4c5sc6ccccc6c5ccc43)cc2)cc1. The van der Waals surface area contributed by atoms with Crippen LogP contribution in [-0.2, 0) is 0 Å². The number of rotatable bonds is 3. The van der Waals surface area contributed by atoms with Crippen molar-refractivity contribution in [3.05, 3.63) is 145 Å².